The van der Waals surface area contributed by atoms with E-state index in [-0.39, 0.29) is 12.8 Å². The largest absolute Gasteiger partial charge is 0.480 e. The molecule has 10 N–H and O–H groups in total. The molecular weight excluding hydrogens is 392 g/mol. The van der Waals surface area contributed by atoms with Gasteiger partial charge in [0.2, 0.25) is 0 Å². The Bertz CT molecular complexity index is 651. The lowest BCUT2D eigenvalue weighted by atomic mass is 9.91. The molecule has 0 saturated heterocycles. The van der Waals surface area contributed by atoms with Crippen molar-refractivity contribution >= 4 is 11.9 Å². The van der Waals surface area contributed by atoms with Gasteiger partial charge in [0.05, 0.1) is 0 Å². The highest BCUT2D eigenvalue weighted by Crippen LogP contribution is 2.29. The van der Waals surface area contributed by atoms with Crippen LogP contribution in [0.25, 0.3) is 0 Å². The fraction of sp³-hybridized carbons (Fsp3) is 0.600. The van der Waals surface area contributed by atoms with E-state index in [1.54, 1.807) is 38.1 Å². The predicted octanol–water partition coefficient (Wildman–Crippen LogP) is -0.420. The summed E-state index contributed by atoms with van der Waals surface area (Å²) < 4.78 is 0. The number of carboxylic acids is 2. The summed E-state index contributed by atoms with van der Waals surface area (Å²) in [6.07, 6.45) is 1.42. The van der Waals surface area contributed by atoms with Crippen molar-refractivity contribution in [3.05, 3.63) is 35.4 Å². The second kappa shape index (κ2) is 11.3. The molecule has 0 fully saturated rings. The Kier molecular flexibility index (Phi) is 9.82. The average Bonchev–Trinajstić information content (AvgIpc) is 2.68. The van der Waals surface area contributed by atoms with Crippen LogP contribution in [-0.4, -0.2) is 57.5 Å². The van der Waals surface area contributed by atoms with E-state index in [1.807, 2.05) is 0 Å². The topological polar surface area (TPSA) is 191 Å². The van der Waals surface area contributed by atoms with Gasteiger partial charge in [-0.1, -0.05) is 24.3 Å². The minimum atomic E-state index is -1.48. The summed E-state index contributed by atoms with van der Waals surface area (Å²) in [6, 6.07) is 4.92. The molecule has 0 aliphatic rings. The van der Waals surface area contributed by atoms with Crippen molar-refractivity contribution < 1.29 is 30.0 Å². The summed E-state index contributed by atoms with van der Waals surface area (Å²) in [6.45, 7) is 3.74. The lowest BCUT2D eigenvalue weighted by Gasteiger charge is -2.34. The average molecular weight is 427 g/mol. The first kappa shape index (κ1) is 26.0. The molecule has 0 heterocycles. The van der Waals surface area contributed by atoms with Gasteiger partial charge in [-0.05, 0) is 52.6 Å². The SMILES string of the molecule is CC(O)(NCCCC(N)C(=O)O)c1ccccc1C(C)(O)NCCCC(N)C(=O)O. The minimum Gasteiger partial charge on any atom is -0.480 e. The van der Waals surface area contributed by atoms with Gasteiger partial charge >= 0.3 is 11.9 Å². The molecule has 10 heteroatoms. The van der Waals surface area contributed by atoms with E-state index in [2.05, 4.69) is 10.6 Å². The van der Waals surface area contributed by atoms with Crippen molar-refractivity contribution in [3.63, 3.8) is 0 Å². The number of carboxylic acid groups (broad SMARTS) is 2. The lowest BCUT2D eigenvalue weighted by Crippen LogP contribution is -2.46. The van der Waals surface area contributed by atoms with Crippen molar-refractivity contribution in [2.75, 3.05) is 13.1 Å². The van der Waals surface area contributed by atoms with E-state index >= 15 is 0 Å². The summed E-state index contributed by atoms with van der Waals surface area (Å²) >= 11 is 0. The van der Waals surface area contributed by atoms with Gasteiger partial charge in [0.1, 0.15) is 23.5 Å². The van der Waals surface area contributed by atoms with Crippen LogP contribution in [0.15, 0.2) is 24.3 Å². The van der Waals surface area contributed by atoms with Crippen LogP contribution < -0.4 is 22.1 Å². The van der Waals surface area contributed by atoms with E-state index in [9.17, 15) is 19.8 Å². The highest BCUT2D eigenvalue weighted by molar-refractivity contribution is 5.73. The zero-order chi connectivity index (χ0) is 22.9. The van der Waals surface area contributed by atoms with Gasteiger partial charge in [-0.3, -0.25) is 20.2 Å². The van der Waals surface area contributed by atoms with Gasteiger partial charge in [-0.2, -0.15) is 0 Å². The molecule has 4 atom stereocenters. The molecule has 10 nitrogen and oxygen atoms in total. The van der Waals surface area contributed by atoms with Crippen LogP contribution in [0.3, 0.4) is 0 Å². The Labute approximate surface area is 176 Å². The van der Waals surface area contributed by atoms with Gasteiger partial charge in [-0.15, -0.1) is 0 Å². The number of aliphatic hydroxyl groups is 2. The summed E-state index contributed by atoms with van der Waals surface area (Å²) in [5, 5.41) is 45.4. The number of rotatable bonds is 14. The third kappa shape index (κ3) is 7.98. The van der Waals surface area contributed by atoms with Crippen LogP contribution in [0.4, 0.5) is 0 Å². The van der Waals surface area contributed by atoms with E-state index in [0.717, 1.165) is 0 Å². The molecule has 0 saturated carbocycles. The molecule has 1 aromatic carbocycles. The molecule has 0 spiro atoms. The highest BCUT2D eigenvalue weighted by Gasteiger charge is 2.32. The number of carbonyl (C=O) groups is 2. The molecule has 1 aromatic rings. The van der Waals surface area contributed by atoms with Crippen LogP contribution in [0, 0.1) is 0 Å². The Hall–Kier alpha value is -2.08. The lowest BCUT2D eigenvalue weighted by molar-refractivity contribution is -0.139. The van der Waals surface area contributed by atoms with Crippen LogP contribution in [-0.2, 0) is 21.0 Å². The fourth-order valence-corrected chi connectivity index (χ4v) is 3.08. The standard InChI is InChI=1S/C20H34N4O6/c1-19(29,23-11-5-9-15(21)17(25)26)13-7-3-4-8-14(13)20(2,30)24-12-6-10-16(22)18(27)28/h3-4,7-8,15-16,23-24,29-30H,5-6,9-12,21-22H2,1-2H3,(H,25,26)(H,27,28). The maximum atomic E-state index is 10.9. The minimum absolute atomic E-state index is 0.262. The van der Waals surface area contributed by atoms with E-state index < -0.39 is 35.5 Å². The molecular formula is C20H34N4O6. The molecule has 0 bridgehead atoms. The van der Waals surface area contributed by atoms with E-state index in [0.29, 0.717) is 37.1 Å². The summed E-state index contributed by atoms with van der Waals surface area (Å²) in [5.74, 6) is -2.14. The van der Waals surface area contributed by atoms with Gasteiger partial charge in [0.15, 0.2) is 0 Å². The van der Waals surface area contributed by atoms with Gasteiger partial charge in [0.25, 0.3) is 0 Å². The number of aliphatic carboxylic acids is 2. The predicted molar refractivity (Wildman–Crippen MR) is 111 cm³/mol. The Morgan fingerprint density at radius 2 is 1.20 bits per heavy atom. The smallest absolute Gasteiger partial charge is 0.320 e. The highest BCUT2D eigenvalue weighted by atomic mass is 16.4. The molecule has 0 aliphatic heterocycles. The van der Waals surface area contributed by atoms with Gasteiger partial charge in [-0.25, -0.2) is 0 Å². The number of benzene rings is 1. The Morgan fingerprint density at radius 3 is 1.50 bits per heavy atom. The summed E-state index contributed by atoms with van der Waals surface area (Å²) in [5.41, 5.74) is 8.89. The zero-order valence-electron chi connectivity index (χ0n) is 17.5. The fourth-order valence-electron chi connectivity index (χ4n) is 3.08. The van der Waals surface area contributed by atoms with E-state index in [4.69, 9.17) is 21.7 Å². The molecule has 0 aliphatic carbocycles. The summed E-state index contributed by atoms with van der Waals surface area (Å²) in [4.78, 5) is 21.6. The quantitative estimate of drug-likeness (QED) is 0.143. The first-order valence-electron chi connectivity index (χ1n) is 9.90. The monoisotopic (exact) mass is 426 g/mol. The van der Waals surface area contributed by atoms with Gasteiger partial charge < -0.3 is 31.9 Å². The van der Waals surface area contributed by atoms with E-state index in [1.165, 1.54) is 0 Å². The third-order valence-corrected chi connectivity index (χ3v) is 4.93. The van der Waals surface area contributed by atoms with Crippen LogP contribution in [0.5, 0.6) is 0 Å². The zero-order valence-corrected chi connectivity index (χ0v) is 17.5. The maximum absolute atomic E-state index is 10.9. The number of nitrogens with two attached hydrogens (primary N) is 2. The maximum Gasteiger partial charge on any atom is 0.320 e. The van der Waals surface area contributed by atoms with Gasteiger partial charge in [0, 0.05) is 11.1 Å². The van der Waals surface area contributed by atoms with Crippen molar-refractivity contribution in [2.45, 2.75) is 63.1 Å². The molecule has 0 aromatic heterocycles. The second-order valence-electron chi connectivity index (χ2n) is 7.72. The molecule has 170 valence electrons. The molecule has 30 heavy (non-hydrogen) atoms. The van der Waals surface area contributed by atoms with Crippen LogP contribution >= 0.6 is 0 Å². The third-order valence-electron chi connectivity index (χ3n) is 4.93. The first-order chi connectivity index (χ1) is 13.9. The van der Waals surface area contributed by atoms with Crippen molar-refractivity contribution in [1.29, 1.82) is 0 Å². The first-order valence-corrected chi connectivity index (χ1v) is 9.90. The van der Waals surface area contributed by atoms with Crippen molar-refractivity contribution in [2.24, 2.45) is 11.5 Å². The van der Waals surface area contributed by atoms with Crippen molar-refractivity contribution in [1.82, 2.24) is 10.6 Å². The van der Waals surface area contributed by atoms with Crippen LogP contribution in [0.2, 0.25) is 0 Å². The normalized spacial score (nSPS) is 17.5. The summed E-state index contributed by atoms with van der Waals surface area (Å²) in [7, 11) is 0. The van der Waals surface area contributed by atoms with Crippen LogP contribution in [0.1, 0.15) is 50.7 Å². The molecule has 1 rings (SSSR count). The Morgan fingerprint density at radius 1 is 0.867 bits per heavy atom. The molecule has 4 unspecified atom stereocenters. The molecule has 0 radical (unpaired) electrons. The Balaban J connectivity index is 2.76. The number of hydrogen-bond donors (Lipinski definition) is 8. The van der Waals surface area contributed by atoms with Crippen molar-refractivity contribution in [3.8, 4) is 0 Å². The molecule has 0 amide bonds. The number of hydrogen-bond acceptors (Lipinski definition) is 8. The number of nitrogens with one attached hydrogen (secondary N) is 2. The second-order valence-corrected chi connectivity index (χ2v) is 7.72.